The van der Waals surface area contributed by atoms with Crippen molar-refractivity contribution in [1.82, 2.24) is 0 Å². The van der Waals surface area contributed by atoms with Gasteiger partial charge in [-0.05, 0) is 12.5 Å². The van der Waals surface area contributed by atoms with Crippen molar-refractivity contribution >= 4 is 8.56 Å². The van der Waals surface area contributed by atoms with Crippen LogP contribution in [0.25, 0.3) is 0 Å². The topological polar surface area (TPSA) is 42.2 Å². The number of hydrogen-bond donors (Lipinski definition) is 0. The minimum atomic E-state index is -2.21. The summed E-state index contributed by atoms with van der Waals surface area (Å²) < 4.78 is 10.7. The minimum absolute atomic E-state index is 0.0579. The second-order valence-electron chi connectivity index (χ2n) is 2.66. The van der Waals surface area contributed by atoms with Gasteiger partial charge in [0, 0.05) is 14.2 Å². The van der Waals surface area contributed by atoms with Crippen molar-refractivity contribution in [3.8, 4) is 6.07 Å². The Morgan fingerprint density at radius 3 is 1.92 bits per heavy atom. The molecule has 3 nitrogen and oxygen atoms in total. The average molecular weight is 187 g/mol. The Labute approximate surface area is 75.5 Å². The monoisotopic (exact) mass is 187 g/mol. The Bertz CT molecular complexity index is 155. The Hall–Kier alpha value is -0.373. The third-order valence-corrected chi connectivity index (χ3v) is 6.25. The first-order valence-corrected chi connectivity index (χ1v) is 6.30. The maximum absolute atomic E-state index is 8.88. The third-order valence-electron chi connectivity index (χ3n) is 2.28. The van der Waals surface area contributed by atoms with Crippen LogP contribution in [0.5, 0.6) is 0 Å². The van der Waals surface area contributed by atoms with Gasteiger partial charge in [0.25, 0.3) is 0 Å². The predicted molar refractivity (Wildman–Crippen MR) is 49.9 cm³/mol. The van der Waals surface area contributed by atoms with Crippen molar-refractivity contribution in [3.05, 3.63) is 0 Å². The van der Waals surface area contributed by atoms with Gasteiger partial charge in [0.15, 0.2) is 0 Å². The normalized spacial score (nSPS) is 13.9. The van der Waals surface area contributed by atoms with E-state index in [0.29, 0.717) is 0 Å². The maximum atomic E-state index is 8.88. The zero-order chi connectivity index (χ0) is 9.61. The molecule has 0 fully saturated rings. The van der Waals surface area contributed by atoms with Gasteiger partial charge in [0.2, 0.25) is 0 Å². The smallest absolute Gasteiger partial charge is 0.355 e. The van der Waals surface area contributed by atoms with E-state index in [1.165, 1.54) is 0 Å². The van der Waals surface area contributed by atoms with Gasteiger partial charge in [0.1, 0.15) is 0 Å². The second-order valence-corrected chi connectivity index (χ2v) is 6.51. The van der Waals surface area contributed by atoms with E-state index in [9.17, 15) is 0 Å². The largest absolute Gasteiger partial charge is 0.397 e. The molecular formula is C8H17NO2Si. The lowest BCUT2D eigenvalue weighted by molar-refractivity contribution is 0.235. The van der Waals surface area contributed by atoms with Crippen LogP contribution in [-0.2, 0) is 8.85 Å². The van der Waals surface area contributed by atoms with Gasteiger partial charge in [0.05, 0.1) is 11.6 Å². The number of nitriles is 1. The van der Waals surface area contributed by atoms with Crippen LogP contribution in [0.15, 0.2) is 0 Å². The first kappa shape index (κ1) is 11.6. The summed E-state index contributed by atoms with van der Waals surface area (Å²) >= 11 is 0. The van der Waals surface area contributed by atoms with Crippen LogP contribution in [0.1, 0.15) is 20.3 Å². The van der Waals surface area contributed by atoms with Crippen LogP contribution in [0.2, 0.25) is 11.6 Å². The van der Waals surface area contributed by atoms with Gasteiger partial charge >= 0.3 is 8.56 Å². The van der Waals surface area contributed by atoms with E-state index < -0.39 is 8.56 Å². The standard InChI is InChI=1S/C8H17NO2Si/c1-5-8(7-9)12(6-2,10-3)11-4/h8H,5-6H2,1-4H3. The first-order chi connectivity index (χ1) is 5.70. The van der Waals surface area contributed by atoms with E-state index in [1.807, 2.05) is 13.8 Å². The van der Waals surface area contributed by atoms with Crippen molar-refractivity contribution < 1.29 is 8.85 Å². The van der Waals surface area contributed by atoms with Crippen LogP contribution in [0.3, 0.4) is 0 Å². The molecule has 0 radical (unpaired) electrons. The van der Waals surface area contributed by atoms with Crippen molar-refractivity contribution in [2.75, 3.05) is 14.2 Å². The average Bonchev–Trinajstić information content (AvgIpc) is 2.14. The Kier molecular flexibility index (Phi) is 5.14. The number of hydrogen-bond acceptors (Lipinski definition) is 3. The zero-order valence-electron chi connectivity index (χ0n) is 8.26. The molecule has 0 bridgehead atoms. The summed E-state index contributed by atoms with van der Waals surface area (Å²) in [6.45, 7) is 4.00. The quantitative estimate of drug-likeness (QED) is 0.619. The van der Waals surface area contributed by atoms with E-state index >= 15 is 0 Å². The fourth-order valence-electron chi connectivity index (χ4n) is 1.40. The van der Waals surface area contributed by atoms with Crippen LogP contribution in [0, 0.1) is 11.3 Å². The molecule has 0 aromatic carbocycles. The molecule has 70 valence electrons. The Morgan fingerprint density at radius 2 is 1.83 bits per heavy atom. The third kappa shape index (κ3) is 2.06. The van der Waals surface area contributed by atoms with Crippen molar-refractivity contribution in [2.45, 2.75) is 31.9 Å². The molecule has 0 saturated carbocycles. The molecule has 0 aromatic heterocycles. The van der Waals surface area contributed by atoms with Gasteiger partial charge in [-0.25, -0.2) is 0 Å². The Morgan fingerprint density at radius 1 is 1.33 bits per heavy atom. The molecule has 0 aliphatic carbocycles. The van der Waals surface area contributed by atoms with Gasteiger partial charge in [-0.15, -0.1) is 0 Å². The molecule has 0 aliphatic heterocycles. The van der Waals surface area contributed by atoms with Crippen LogP contribution in [0.4, 0.5) is 0 Å². The van der Waals surface area contributed by atoms with Crippen LogP contribution >= 0.6 is 0 Å². The van der Waals surface area contributed by atoms with Gasteiger partial charge in [-0.2, -0.15) is 5.26 Å². The maximum Gasteiger partial charge on any atom is 0.355 e. The Balaban J connectivity index is 4.57. The summed E-state index contributed by atoms with van der Waals surface area (Å²) in [6.07, 6.45) is 0.804. The highest BCUT2D eigenvalue weighted by atomic mass is 28.4. The number of nitrogens with zero attached hydrogens (tertiary/aromatic N) is 1. The second kappa shape index (κ2) is 5.30. The molecule has 0 aromatic rings. The fraction of sp³-hybridized carbons (Fsp3) is 0.875. The molecule has 0 saturated heterocycles. The molecular weight excluding hydrogens is 170 g/mol. The lowest BCUT2D eigenvalue weighted by Gasteiger charge is -2.29. The van der Waals surface area contributed by atoms with E-state index in [0.717, 1.165) is 12.5 Å². The summed E-state index contributed by atoms with van der Waals surface area (Å²) in [5.74, 6) is 0. The lowest BCUT2D eigenvalue weighted by atomic mass is 10.4. The van der Waals surface area contributed by atoms with Crippen LogP contribution in [-0.4, -0.2) is 22.8 Å². The van der Waals surface area contributed by atoms with Gasteiger partial charge in [-0.3, -0.25) is 0 Å². The van der Waals surface area contributed by atoms with E-state index in [1.54, 1.807) is 14.2 Å². The van der Waals surface area contributed by atoms with E-state index in [2.05, 4.69) is 6.07 Å². The molecule has 12 heavy (non-hydrogen) atoms. The number of rotatable bonds is 5. The molecule has 4 heteroatoms. The summed E-state index contributed by atoms with van der Waals surface area (Å²) in [4.78, 5) is 0. The predicted octanol–water partition coefficient (Wildman–Crippen LogP) is 2.05. The SMILES string of the molecule is CCC(C#N)[Si](CC)(OC)OC. The van der Waals surface area contributed by atoms with E-state index in [-0.39, 0.29) is 5.54 Å². The van der Waals surface area contributed by atoms with Gasteiger partial charge in [-0.1, -0.05) is 13.8 Å². The van der Waals surface area contributed by atoms with Gasteiger partial charge < -0.3 is 8.85 Å². The summed E-state index contributed by atoms with van der Waals surface area (Å²) in [7, 11) is 1.07. The minimum Gasteiger partial charge on any atom is -0.397 e. The zero-order valence-corrected chi connectivity index (χ0v) is 9.26. The van der Waals surface area contributed by atoms with Crippen LogP contribution < -0.4 is 0 Å². The van der Waals surface area contributed by atoms with Crippen molar-refractivity contribution in [2.24, 2.45) is 0 Å². The first-order valence-electron chi connectivity index (χ1n) is 4.20. The molecule has 1 atom stereocenters. The van der Waals surface area contributed by atoms with Crippen molar-refractivity contribution in [1.29, 1.82) is 5.26 Å². The summed E-state index contributed by atoms with van der Waals surface area (Å²) in [5, 5.41) is 8.88. The van der Waals surface area contributed by atoms with E-state index in [4.69, 9.17) is 14.1 Å². The molecule has 0 rings (SSSR count). The molecule has 0 spiro atoms. The lowest BCUT2D eigenvalue weighted by Crippen LogP contribution is -2.43. The summed E-state index contributed by atoms with van der Waals surface area (Å²) in [6, 6.07) is 3.08. The highest BCUT2D eigenvalue weighted by Crippen LogP contribution is 2.28. The molecule has 0 N–H and O–H groups in total. The molecule has 0 amide bonds. The summed E-state index contributed by atoms with van der Waals surface area (Å²) in [5.41, 5.74) is -0.0579. The molecule has 0 heterocycles. The highest BCUT2D eigenvalue weighted by molar-refractivity contribution is 6.69. The highest BCUT2D eigenvalue weighted by Gasteiger charge is 2.42. The fourth-order valence-corrected chi connectivity index (χ4v) is 4.03. The van der Waals surface area contributed by atoms with Crippen molar-refractivity contribution in [3.63, 3.8) is 0 Å². The molecule has 0 aliphatic rings. The molecule has 1 unspecified atom stereocenters.